The second kappa shape index (κ2) is 6.78. The van der Waals surface area contributed by atoms with E-state index in [9.17, 15) is 0 Å². The summed E-state index contributed by atoms with van der Waals surface area (Å²) in [5, 5.41) is 5.96. The monoisotopic (exact) mass is 309 g/mol. The topological polar surface area (TPSA) is 30.5 Å². The molecule has 0 bridgehead atoms. The lowest BCUT2D eigenvalue weighted by Gasteiger charge is -2.45. The van der Waals surface area contributed by atoms with Gasteiger partial charge in [-0.25, -0.2) is 0 Å². The van der Waals surface area contributed by atoms with Gasteiger partial charge in [0.25, 0.3) is 0 Å². The van der Waals surface area contributed by atoms with Gasteiger partial charge < -0.3 is 14.8 Å². The minimum absolute atomic E-state index is 0.0833. The highest BCUT2D eigenvalue weighted by Gasteiger charge is 2.41. The van der Waals surface area contributed by atoms with E-state index in [1.165, 1.54) is 16.9 Å². The van der Waals surface area contributed by atoms with E-state index in [1.54, 1.807) is 0 Å². The largest absolute Gasteiger partial charge is 0.381 e. The molecule has 2 fully saturated rings. The molecule has 0 radical (unpaired) electrons. The Labute approximate surface area is 132 Å². The van der Waals surface area contributed by atoms with Crippen molar-refractivity contribution in [3.05, 3.63) is 21.9 Å². The Morgan fingerprint density at radius 2 is 2.19 bits per heavy atom. The van der Waals surface area contributed by atoms with Gasteiger partial charge in [0, 0.05) is 30.7 Å². The summed E-state index contributed by atoms with van der Waals surface area (Å²) in [6.07, 6.45) is 4.46. The number of rotatable bonds is 4. The minimum Gasteiger partial charge on any atom is -0.381 e. The maximum atomic E-state index is 6.21. The highest BCUT2D eigenvalue weighted by Crippen LogP contribution is 2.43. The molecule has 3 nitrogen and oxygen atoms in total. The zero-order valence-corrected chi connectivity index (χ0v) is 14.0. The Morgan fingerprint density at radius 3 is 2.86 bits per heavy atom. The Morgan fingerprint density at radius 1 is 1.38 bits per heavy atom. The molecule has 2 aliphatic heterocycles. The van der Waals surface area contributed by atoms with Crippen LogP contribution in [0.2, 0.25) is 0 Å². The van der Waals surface area contributed by atoms with E-state index in [0.29, 0.717) is 12.0 Å². The molecule has 0 aromatic carbocycles. The Kier molecular flexibility index (Phi) is 4.99. The Hall–Kier alpha value is -0.420. The molecule has 1 N–H and O–H groups in total. The molecule has 3 heterocycles. The number of ether oxygens (including phenoxy) is 2. The molecule has 2 atom stereocenters. The van der Waals surface area contributed by atoms with Crippen molar-refractivity contribution in [2.24, 2.45) is 5.92 Å². The van der Waals surface area contributed by atoms with E-state index < -0.39 is 0 Å². The molecule has 3 rings (SSSR count). The van der Waals surface area contributed by atoms with Crippen LogP contribution in [0.3, 0.4) is 0 Å². The maximum Gasteiger partial charge on any atom is 0.0729 e. The van der Waals surface area contributed by atoms with Gasteiger partial charge in [0.1, 0.15) is 0 Å². The second-order valence-electron chi connectivity index (χ2n) is 6.40. The van der Waals surface area contributed by atoms with Crippen molar-refractivity contribution in [1.82, 2.24) is 5.32 Å². The predicted octanol–water partition coefficient (Wildman–Crippen LogP) is 3.68. The van der Waals surface area contributed by atoms with Gasteiger partial charge >= 0.3 is 0 Å². The highest BCUT2D eigenvalue weighted by molar-refractivity contribution is 7.10. The molecule has 21 heavy (non-hydrogen) atoms. The summed E-state index contributed by atoms with van der Waals surface area (Å²) in [7, 11) is 0. The quantitative estimate of drug-likeness (QED) is 0.920. The van der Waals surface area contributed by atoms with Crippen molar-refractivity contribution in [3.63, 3.8) is 0 Å². The molecule has 0 saturated carbocycles. The van der Waals surface area contributed by atoms with Crippen LogP contribution in [0.4, 0.5) is 0 Å². The Bertz CT molecular complexity index is 448. The molecular weight excluding hydrogens is 282 g/mol. The SMILES string of the molecule is CCNC(c1sccc1C)C1CCOC2(CCOCC2)C1. The number of thiophene rings is 1. The molecule has 2 saturated heterocycles. The van der Waals surface area contributed by atoms with E-state index in [-0.39, 0.29) is 5.60 Å². The molecule has 0 amide bonds. The first-order chi connectivity index (χ1) is 10.2. The van der Waals surface area contributed by atoms with Gasteiger partial charge in [-0.15, -0.1) is 11.3 Å². The minimum atomic E-state index is 0.0833. The summed E-state index contributed by atoms with van der Waals surface area (Å²) in [5.74, 6) is 0.675. The average molecular weight is 309 g/mol. The van der Waals surface area contributed by atoms with Crippen LogP contribution < -0.4 is 5.32 Å². The third kappa shape index (κ3) is 3.34. The first-order valence-corrected chi connectivity index (χ1v) is 9.11. The average Bonchev–Trinajstić information content (AvgIpc) is 2.91. The fraction of sp³-hybridized carbons (Fsp3) is 0.765. The van der Waals surface area contributed by atoms with Crippen LogP contribution >= 0.6 is 11.3 Å². The van der Waals surface area contributed by atoms with Crippen molar-refractivity contribution in [2.75, 3.05) is 26.4 Å². The smallest absolute Gasteiger partial charge is 0.0729 e. The van der Waals surface area contributed by atoms with Crippen LogP contribution in [0.15, 0.2) is 11.4 Å². The summed E-state index contributed by atoms with van der Waals surface area (Å²) in [4.78, 5) is 1.52. The lowest BCUT2D eigenvalue weighted by molar-refractivity contribution is -0.150. The van der Waals surface area contributed by atoms with E-state index in [0.717, 1.165) is 45.6 Å². The van der Waals surface area contributed by atoms with E-state index in [2.05, 4.69) is 30.6 Å². The number of aryl methyl sites for hydroxylation is 1. The third-order valence-electron chi connectivity index (χ3n) is 5.01. The van der Waals surface area contributed by atoms with Crippen LogP contribution in [-0.4, -0.2) is 32.0 Å². The molecule has 1 aromatic rings. The van der Waals surface area contributed by atoms with Gasteiger partial charge in [-0.05, 0) is 62.1 Å². The lowest BCUT2D eigenvalue weighted by Crippen LogP contribution is -2.47. The van der Waals surface area contributed by atoms with E-state index >= 15 is 0 Å². The molecular formula is C17H27NO2S. The second-order valence-corrected chi connectivity index (χ2v) is 7.35. The zero-order valence-electron chi connectivity index (χ0n) is 13.2. The van der Waals surface area contributed by atoms with Gasteiger partial charge in [-0.2, -0.15) is 0 Å². The molecule has 1 spiro atoms. The van der Waals surface area contributed by atoms with Gasteiger partial charge in [-0.1, -0.05) is 6.92 Å². The summed E-state index contributed by atoms with van der Waals surface area (Å²) >= 11 is 1.90. The first-order valence-electron chi connectivity index (χ1n) is 8.23. The fourth-order valence-electron chi connectivity index (χ4n) is 3.84. The van der Waals surface area contributed by atoms with Gasteiger partial charge in [0.2, 0.25) is 0 Å². The van der Waals surface area contributed by atoms with Crippen molar-refractivity contribution < 1.29 is 9.47 Å². The fourth-order valence-corrected chi connectivity index (χ4v) is 4.93. The number of hydrogen-bond acceptors (Lipinski definition) is 4. The van der Waals surface area contributed by atoms with Crippen molar-refractivity contribution in [2.45, 2.75) is 51.2 Å². The standard InChI is InChI=1S/C17H27NO2S/c1-3-18-15(16-13(2)5-11-21-16)14-4-8-20-17(12-14)6-9-19-10-7-17/h5,11,14-15,18H,3-4,6-10,12H2,1-2H3. The molecule has 2 aliphatic rings. The van der Waals surface area contributed by atoms with Crippen LogP contribution in [0.25, 0.3) is 0 Å². The van der Waals surface area contributed by atoms with Crippen LogP contribution in [0, 0.1) is 12.8 Å². The summed E-state index contributed by atoms with van der Waals surface area (Å²) < 4.78 is 11.7. The molecule has 1 aromatic heterocycles. The molecule has 0 aliphatic carbocycles. The third-order valence-corrected chi connectivity index (χ3v) is 6.12. The van der Waals surface area contributed by atoms with Crippen LogP contribution in [-0.2, 0) is 9.47 Å². The number of nitrogens with one attached hydrogen (secondary N) is 1. The molecule has 4 heteroatoms. The highest BCUT2D eigenvalue weighted by atomic mass is 32.1. The lowest BCUT2D eigenvalue weighted by atomic mass is 9.77. The zero-order chi connectivity index (χ0) is 14.7. The molecule has 118 valence electrons. The summed E-state index contributed by atoms with van der Waals surface area (Å²) in [5.41, 5.74) is 1.51. The summed E-state index contributed by atoms with van der Waals surface area (Å²) in [6.45, 7) is 8.08. The van der Waals surface area contributed by atoms with Gasteiger partial charge in [0.15, 0.2) is 0 Å². The van der Waals surface area contributed by atoms with Crippen LogP contribution in [0.5, 0.6) is 0 Å². The van der Waals surface area contributed by atoms with E-state index in [4.69, 9.17) is 9.47 Å². The van der Waals surface area contributed by atoms with Crippen molar-refractivity contribution in [3.8, 4) is 0 Å². The van der Waals surface area contributed by atoms with Crippen molar-refractivity contribution >= 4 is 11.3 Å². The maximum absolute atomic E-state index is 6.21. The summed E-state index contributed by atoms with van der Waals surface area (Å²) in [6, 6.07) is 2.73. The van der Waals surface area contributed by atoms with Gasteiger partial charge in [-0.3, -0.25) is 0 Å². The molecule has 2 unspecified atom stereocenters. The van der Waals surface area contributed by atoms with E-state index in [1.807, 2.05) is 11.3 Å². The Balaban J connectivity index is 1.77. The normalized spacial score (nSPS) is 26.9. The van der Waals surface area contributed by atoms with Crippen LogP contribution in [0.1, 0.15) is 49.1 Å². The first kappa shape index (κ1) is 15.5. The van der Waals surface area contributed by atoms with Crippen molar-refractivity contribution in [1.29, 1.82) is 0 Å². The van der Waals surface area contributed by atoms with Gasteiger partial charge in [0.05, 0.1) is 5.60 Å². The number of hydrogen-bond donors (Lipinski definition) is 1. The predicted molar refractivity (Wildman–Crippen MR) is 86.9 cm³/mol.